The maximum Gasteiger partial charge on any atom is 0.163 e. The Morgan fingerprint density at radius 1 is 1.58 bits per heavy atom. The normalized spacial score (nSPS) is 28.4. The van der Waals surface area contributed by atoms with Crippen molar-refractivity contribution in [2.24, 2.45) is 0 Å². The zero-order valence-electron chi connectivity index (χ0n) is 7.62. The van der Waals surface area contributed by atoms with Gasteiger partial charge in [0.2, 0.25) is 0 Å². The summed E-state index contributed by atoms with van der Waals surface area (Å²) in [7, 11) is 0. The van der Waals surface area contributed by atoms with Crippen molar-refractivity contribution in [2.45, 2.75) is 32.2 Å². The summed E-state index contributed by atoms with van der Waals surface area (Å²) in [6.45, 7) is 4.59. The minimum atomic E-state index is -0.450. The zero-order valence-corrected chi connectivity index (χ0v) is 7.62. The Morgan fingerprint density at radius 3 is 2.83 bits per heavy atom. The summed E-state index contributed by atoms with van der Waals surface area (Å²) in [6, 6.07) is 0. The van der Waals surface area contributed by atoms with Crippen LogP contribution in [0.15, 0.2) is 12.2 Å². The van der Waals surface area contributed by atoms with Crippen molar-refractivity contribution in [3.63, 3.8) is 0 Å². The predicted octanol–water partition coefficient (Wildman–Crippen LogP) is 1.08. The highest BCUT2D eigenvalue weighted by Crippen LogP contribution is 2.22. The standard InChI is InChI=1S/C9H16O3/c1-9(2)11-7-8(12-9)5-3-4-6-10/h3,5,8,10H,4,6-7H2,1-2H3/b5-3+/t8-/m1/s1. The number of hydrogen-bond acceptors (Lipinski definition) is 3. The molecule has 0 aliphatic carbocycles. The molecular weight excluding hydrogens is 156 g/mol. The summed E-state index contributed by atoms with van der Waals surface area (Å²) in [5.74, 6) is -0.450. The summed E-state index contributed by atoms with van der Waals surface area (Å²) < 4.78 is 10.9. The van der Waals surface area contributed by atoms with Gasteiger partial charge in [-0.25, -0.2) is 0 Å². The molecule has 0 aromatic rings. The average Bonchev–Trinajstić information content (AvgIpc) is 2.31. The van der Waals surface area contributed by atoms with Gasteiger partial charge < -0.3 is 14.6 Å². The maximum atomic E-state index is 8.52. The summed E-state index contributed by atoms with van der Waals surface area (Å²) in [4.78, 5) is 0. The fourth-order valence-corrected chi connectivity index (χ4v) is 1.13. The van der Waals surface area contributed by atoms with Crippen LogP contribution < -0.4 is 0 Å². The van der Waals surface area contributed by atoms with Gasteiger partial charge in [0.25, 0.3) is 0 Å². The molecule has 1 N–H and O–H groups in total. The highest BCUT2D eigenvalue weighted by Gasteiger charge is 2.30. The van der Waals surface area contributed by atoms with Crippen LogP contribution in [0, 0.1) is 0 Å². The van der Waals surface area contributed by atoms with Crippen LogP contribution >= 0.6 is 0 Å². The van der Waals surface area contributed by atoms with E-state index in [2.05, 4.69) is 0 Å². The van der Waals surface area contributed by atoms with Gasteiger partial charge in [0.15, 0.2) is 5.79 Å². The number of ether oxygens (including phenoxy) is 2. The molecule has 0 aromatic carbocycles. The summed E-state index contributed by atoms with van der Waals surface area (Å²) in [5.41, 5.74) is 0. The molecule has 1 heterocycles. The number of aliphatic hydroxyl groups excluding tert-OH is 1. The Balaban J connectivity index is 2.28. The highest BCUT2D eigenvalue weighted by atomic mass is 16.7. The van der Waals surface area contributed by atoms with Crippen molar-refractivity contribution in [2.75, 3.05) is 13.2 Å². The van der Waals surface area contributed by atoms with Crippen LogP contribution in [-0.2, 0) is 9.47 Å². The van der Waals surface area contributed by atoms with Crippen molar-refractivity contribution < 1.29 is 14.6 Å². The van der Waals surface area contributed by atoms with Crippen molar-refractivity contribution in [1.82, 2.24) is 0 Å². The molecule has 1 saturated heterocycles. The van der Waals surface area contributed by atoms with Gasteiger partial charge in [-0.15, -0.1) is 0 Å². The molecular formula is C9H16O3. The molecule has 0 aromatic heterocycles. The lowest BCUT2D eigenvalue weighted by atomic mass is 10.3. The molecule has 12 heavy (non-hydrogen) atoms. The van der Waals surface area contributed by atoms with E-state index in [-0.39, 0.29) is 12.7 Å². The molecule has 0 spiro atoms. The van der Waals surface area contributed by atoms with Crippen LogP contribution in [0.2, 0.25) is 0 Å². The maximum absolute atomic E-state index is 8.52. The van der Waals surface area contributed by atoms with Crippen molar-refractivity contribution in [3.8, 4) is 0 Å². The van der Waals surface area contributed by atoms with E-state index in [1.54, 1.807) is 0 Å². The first-order valence-electron chi connectivity index (χ1n) is 4.23. The SMILES string of the molecule is CC1(C)OC[C@@H](/C=C/CCO)O1. The molecule has 3 nitrogen and oxygen atoms in total. The lowest BCUT2D eigenvalue weighted by Gasteiger charge is -2.15. The molecule has 0 unspecified atom stereocenters. The lowest BCUT2D eigenvalue weighted by molar-refractivity contribution is -0.133. The predicted molar refractivity (Wildman–Crippen MR) is 45.7 cm³/mol. The van der Waals surface area contributed by atoms with E-state index >= 15 is 0 Å². The number of hydrogen-bond donors (Lipinski definition) is 1. The monoisotopic (exact) mass is 172 g/mol. The van der Waals surface area contributed by atoms with E-state index in [1.807, 2.05) is 26.0 Å². The van der Waals surface area contributed by atoms with Crippen LogP contribution in [0.3, 0.4) is 0 Å². The molecule has 70 valence electrons. The first kappa shape index (κ1) is 9.71. The van der Waals surface area contributed by atoms with Gasteiger partial charge >= 0.3 is 0 Å². The minimum Gasteiger partial charge on any atom is -0.396 e. The Labute approximate surface area is 73.0 Å². The van der Waals surface area contributed by atoms with Crippen LogP contribution in [0.4, 0.5) is 0 Å². The third-order valence-corrected chi connectivity index (χ3v) is 1.68. The van der Waals surface area contributed by atoms with E-state index in [0.29, 0.717) is 13.0 Å². The summed E-state index contributed by atoms with van der Waals surface area (Å²) in [5, 5.41) is 8.52. The Kier molecular flexibility index (Phi) is 3.26. The lowest BCUT2D eigenvalue weighted by Crippen LogP contribution is -2.20. The van der Waals surface area contributed by atoms with Gasteiger partial charge in [0, 0.05) is 6.61 Å². The van der Waals surface area contributed by atoms with E-state index in [4.69, 9.17) is 14.6 Å². The smallest absolute Gasteiger partial charge is 0.163 e. The van der Waals surface area contributed by atoms with E-state index < -0.39 is 5.79 Å². The Bertz CT molecular complexity index is 163. The first-order valence-corrected chi connectivity index (χ1v) is 4.23. The molecule has 1 aliphatic rings. The third-order valence-electron chi connectivity index (χ3n) is 1.68. The first-order chi connectivity index (χ1) is 5.64. The number of rotatable bonds is 3. The molecule has 1 fully saturated rings. The van der Waals surface area contributed by atoms with Gasteiger partial charge in [0.05, 0.1) is 6.61 Å². The Hall–Kier alpha value is -0.380. The fourth-order valence-electron chi connectivity index (χ4n) is 1.13. The second-order valence-electron chi connectivity index (χ2n) is 3.31. The van der Waals surface area contributed by atoms with Crippen molar-refractivity contribution >= 4 is 0 Å². The van der Waals surface area contributed by atoms with Gasteiger partial charge in [-0.05, 0) is 20.3 Å². The molecule has 0 bridgehead atoms. The second kappa shape index (κ2) is 4.03. The largest absolute Gasteiger partial charge is 0.396 e. The van der Waals surface area contributed by atoms with E-state index in [1.165, 1.54) is 0 Å². The quantitative estimate of drug-likeness (QED) is 0.647. The molecule has 1 aliphatic heterocycles. The van der Waals surface area contributed by atoms with Gasteiger partial charge in [-0.1, -0.05) is 12.2 Å². The fraction of sp³-hybridized carbons (Fsp3) is 0.778. The topological polar surface area (TPSA) is 38.7 Å². The Morgan fingerprint density at radius 2 is 2.33 bits per heavy atom. The third kappa shape index (κ3) is 2.93. The van der Waals surface area contributed by atoms with Crippen molar-refractivity contribution in [1.29, 1.82) is 0 Å². The highest BCUT2D eigenvalue weighted by molar-refractivity contribution is 4.92. The summed E-state index contributed by atoms with van der Waals surface area (Å²) >= 11 is 0. The second-order valence-corrected chi connectivity index (χ2v) is 3.31. The van der Waals surface area contributed by atoms with E-state index in [0.717, 1.165) is 0 Å². The summed E-state index contributed by atoms with van der Waals surface area (Å²) in [6.07, 6.45) is 4.58. The van der Waals surface area contributed by atoms with Crippen LogP contribution in [0.25, 0.3) is 0 Å². The molecule has 0 radical (unpaired) electrons. The molecule has 0 amide bonds. The van der Waals surface area contributed by atoms with Crippen LogP contribution in [-0.4, -0.2) is 30.2 Å². The van der Waals surface area contributed by atoms with Gasteiger partial charge in [-0.3, -0.25) is 0 Å². The average molecular weight is 172 g/mol. The van der Waals surface area contributed by atoms with Crippen LogP contribution in [0.5, 0.6) is 0 Å². The van der Waals surface area contributed by atoms with E-state index in [9.17, 15) is 0 Å². The van der Waals surface area contributed by atoms with Crippen LogP contribution in [0.1, 0.15) is 20.3 Å². The van der Waals surface area contributed by atoms with Crippen molar-refractivity contribution in [3.05, 3.63) is 12.2 Å². The molecule has 0 saturated carbocycles. The minimum absolute atomic E-state index is 0.0477. The zero-order chi connectivity index (χ0) is 9.03. The van der Waals surface area contributed by atoms with Gasteiger partial charge in [-0.2, -0.15) is 0 Å². The molecule has 3 heteroatoms. The number of aliphatic hydroxyl groups is 1. The molecule has 1 rings (SSSR count). The molecule has 1 atom stereocenters. The van der Waals surface area contributed by atoms with Gasteiger partial charge in [0.1, 0.15) is 6.10 Å².